The summed E-state index contributed by atoms with van der Waals surface area (Å²) in [6, 6.07) is 10.1. The lowest BCUT2D eigenvalue weighted by molar-refractivity contribution is -0.384. The van der Waals surface area contributed by atoms with Crippen LogP contribution in [0.5, 0.6) is 5.75 Å². The molecular formula is C16H8Br2N2O4. The molecule has 0 spiro atoms. The van der Waals surface area contributed by atoms with Gasteiger partial charge in [0.2, 0.25) is 5.78 Å². The minimum atomic E-state index is -0.624. The first-order valence-electron chi connectivity index (χ1n) is 6.42. The fraction of sp³-hybridized carbons (Fsp3) is 0. The monoisotopic (exact) mass is 450 g/mol. The molecule has 0 aromatic heterocycles. The first-order chi connectivity index (χ1) is 11.3. The number of hydrogen-bond donors (Lipinski definition) is 1. The zero-order chi connectivity index (χ0) is 17.9. The molecule has 0 saturated heterocycles. The number of rotatable bonds is 4. The highest BCUT2D eigenvalue weighted by Gasteiger charge is 2.16. The number of halogens is 2. The van der Waals surface area contributed by atoms with Gasteiger partial charge in [0, 0.05) is 17.7 Å². The van der Waals surface area contributed by atoms with Crippen molar-refractivity contribution in [3.8, 4) is 11.8 Å². The average molecular weight is 452 g/mol. The first kappa shape index (κ1) is 17.8. The van der Waals surface area contributed by atoms with Gasteiger partial charge in [0.05, 0.1) is 13.9 Å². The van der Waals surface area contributed by atoms with Gasteiger partial charge in [-0.2, -0.15) is 5.26 Å². The molecule has 0 amide bonds. The van der Waals surface area contributed by atoms with Gasteiger partial charge in [-0.1, -0.05) is 12.1 Å². The SMILES string of the molecule is N#C/C(=C\c1cc(Br)c(O)c(Br)c1)C(=O)c1cccc([N+](=O)[O-])c1. The van der Waals surface area contributed by atoms with Crippen LogP contribution in [-0.4, -0.2) is 15.8 Å². The van der Waals surface area contributed by atoms with Crippen molar-refractivity contribution in [2.45, 2.75) is 0 Å². The molecule has 0 heterocycles. The van der Waals surface area contributed by atoms with Crippen LogP contribution in [0.15, 0.2) is 50.9 Å². The average Bonchev–Trinajstić information content (AvgIpc) is 2.56. The van der Waals surface area contributed by atoms with E-state index in [1.54, 1.807) is 6.07 Å². The largest absolute Gasteiger partial charge is 0.506 e. The molecule has 0 radical (unpaired) electrons. The summed E-state index contributed by atoms with van der Waals surface area (Å²) in [7, 11) is 0. The number of nitro benzene ring substituents is 1. The number of phenolic OH excluding ortho intramolecular Hbond substituents is 1. The van der Waals surface area contributed by atoms with E-state index in [0.29, 0.717) is 14.5 Å². The predicted octanol–water partition coefficient (Wildman–Crippen LogP) is 4.62. The predicted molar refractivity (Wildman–Crippen MR) is 94.5 cm³/mol. The number of nitrogens with zero attached hydrogens (tertiary/aromatic N) is 2. The minimum Gasteiger partial charge on any atom is -0.506 e. The Bertz CT molecular complexity index is 894. The lowest BCUT2D eigenvalue weighted by Gasteiger charge is -2.04. The molecule has 0 aliphatic heterocycles. The van der Waals surface area contributed by atoms with Crippen molar-refractivity contribution < 1.29 is 14.8 Å². The van der Waals surface area contributed by atoms with Gasteiger partial charge in [-0.25, -0.2) is 0 Å². The van der Waals surface area contributed by atoms with Gasteiger partial charge in [0.15, 0.2) is 0 Å². The third-order valence-corrected chi connectivity index (χ3v) is 4.24. The number of nitro groups is 1. The Balaban J connectivity index is 2.45. The van der Waals surface area contributed by atoms with E-state index in [2.05, 4.69) is 31.9 Å². The summed E-state index contributed by atoms with van der Waals surface area (Å²) in [5, 5.41) is 29.7. The van der Waals surface area contributed by atoms with Crippen LogP contribution in [0, 0.1) is 21.4 Å². The number of hydrogen-bond acceptors (Lipinski definition) is 5. The van der Waals surface area contributed by atoms with Crippen molar-refractivity contribution in [1.82, 2.24) is 0 Å². The lowest BCUT2D eigenvalue weighted by Crippen LogP contribution is -2.02. The topological polar surface area (TPSA) is 104 Å². The Morgan fingerprint density at radius 1 is 1.25 bits per heavy atom. The maximum atomic E-state index is 12.4. The van der Waals surface area contributed by atoms with Gasteiger partial charge in [0.25, 0.3) is 5.69 Å². The van der Waals surface area contributed by atoms with Crippen LogP contribution >= 0.6 is 31.9 Å². The summed E-state index contributed by atoms with van der Waals surface area (Å²) >= 11 is 6.33. The molecule has 2 rings (SSSR count). The molecule has 6 nitrogen and oxygen atoms in total. The van der Waals surface area contributed by atoms with Crippen LogP contribution in [0.3, 0.4) is 0 Å². The molecule has 0 unspecified atom stereocenters. The van der Waals surface area contributed by atoms with E-state index in [0.717, 1.165) is 6.07 Å². The van der Waals surface area contributed by atoms with Crippen molar-refractivity contribution in [2.75, 3.05) is 0 Å². The molecule has 0 atom stereocenters. The summed E-state index contributed by atoms with van der Waals surface area (Å²) in [6.07, 6.45) is 1.34. The highest BCUT2D eigenvalue weighted by molar-refractivity contribution is 9.11. The molecule has 0 bridgehead atoms. The Kier molecular flexibility index (Phi) is 5.49. The van der Waals surface area contributed by atoms with E-state index < -0.39 is 10.7 Å². The number of ketones is 1. The molecule has 8 heteroatoms. The highest BCUT2D eigenvalue weighted by Crippen LogP contribution is 2.34. The maximum Gasteiger partial charge on any atom is 0.270 e. The Hall–Kier alpha value is -2.50. The van der Waals surface area contributed by atoms with Crippen LogP contribution < -0.4 is 0 Å². The van der Waals surface area contributed by atoms with Gasteiger partial charge in [-0.3, -0.25) is 14.9 Å². The number of Topliss-reactive ketones (excluding diaryl/α,β-unsaturated/α-hetero) is 1. The van der Waals surface area contributed by atoms with Crippen molar-refractivity contribution in [2.24, 2.45) is 0 Å². The normalized spacial score (nSPS) is 11.0. The number of carbonyl (C=O) groups is 1. The summed E-state index contributed by atoms with van der Waals surface area (Å²) in [6.45, 7) is 0. The van der Waals surface area contributed by atoms with Crippen molar-refractivity contribution >= 4 is 49.4 Å². The van der Waals surface area contributed by atoms with Crippen LogP contribution in [0.1, 0.15) is 15.9 Å². The second-order valence-corrected chi connectivity index (χ2v) is 6.35. The molecule has 120 valence electrons. The molecule has 0 aliphatic carbocycles. The minimum absolute atomic E-state index is 0.00401. The molecular weight excluding hydrogens is 444 g/mol. The highest BCUT2D eigenvalue weighted by atomic mass is 79.9. The Morgan fingerprint density at radius 2 is 1.88 bits per heavy atom. The zero-order valence-electron chi connectivity index (χ0n) is 11.9. The molecule has 0 aliphatic rings. The molecule has 2 aromatic carbocycles. The number of benzene rings is 2. The number of nitriles is 1. The fourth-order valence-corrected chi connectivity index (χ4v) is 3.12. The smallest absolute Gasteiger partial charge is 0.270 e. The van der Waals surface area contributed by atoms with Crippen molar-refractivity contribution in [3.63, 3.8) is 0 Å². The molecule has 0 saturated carbocycles. The first-order valence-corrected chi connectivity index (χ1v) is 8.01. The number of non-ortho nitro benzene ring substituents is 1. The Labute approximate surface area is 153 Å². The van der Waals surface area contributed by atoms with E-state index in [4.69, 9.17) is 0 Å². The summed E-state index contributed by atoms with van der Waals surface area (Å²) in [5.41, 5.74) is 0.143. The van der Waals surface area contributed by atoms with E-state index >= 15 is 0 Å². The summed E-state index contributed by atoms with van der Waals surface area (Å²) < 4.78 is 0.784. The number of allylic oxidation sites excluding steroid dienone is 1. The summed E-state index contributed by atoms with van der Waals surface area (Å²) in [5.74, 6) is -0.628. The standard InChI is InChI=1S/C16H8Br2N2O4/c17-13-5-9(6-14(18)16(13)22)4-11(8-19)15(21)10-2-1-3-12(7-10)20(23)24/h1-7,22H/b11-4+. The second kappa shape index (κ2) is 7.38. The number of aromatic hydroxyl groups is 1. The van der Waals surface area contributed by atoms with Crippen LogP contribution in [0.25, 0.3) is 6.08 Å². The number of carbonyl (C=O) groups excluding carboxylic acids is 1. The molecule has 1 N–H and O–H groups in total. The van der Waals surface area contributed by atoms with Crippen molar-refractivity contribution in [1.29, 1.82) is 5.26 Å². The van der Waals surface area contributed by atoms with Crippen LogP contribution in [-0.2, 0) is 0 Å². The Morgan fingerprint density at radius 3 is 2.42 bits per heavy atom. The fourth-order valence-electron chi connectivity index (χ4n) is 1.90. The number of phenols is 1. The van der Waals surface area contributed by atoms with E-state index in [-0.39, 0.29) is 22.6 Å². The van der Waals surface area contributed by atoms with E-state index in [1.807, 2.05) is 0 Å². The maximum absolute atomic E-state index is 12.4. The zero-order valence-corrected chi connectivity index (χ0v) is 15.0. The molecule has 2 aromatic rings. The van der Waals surface area contributed by atoms with Gasteiger partial charge in [0.1, 0.15) is 17.4 Å². The molecule has 0 fully saturated rings. The van der Waals surface area contributed by atoms with Gasteiger partial charge < -0.3 is 5.11 Å². The quantitative estimate of drug-likeness (QED) is 0.240. The van der Waals surface area contributed by atoms with Crippen LogP contribution in [0.2, 0.25) is 0 Å². The van der Waals surface area contributed by atoms with Gasteiger partial charge in [-0.15, -0.1) is 0 Å². The summed E-state index contributed by atoms with van der Waals surface area (Å²) in [4.78, 5) is 22.6. The lowest BCUT2D eigenvalue weighted by atomic mass is 10.0. The van der Waals surface area contributed by atoms with Crippen molar-refractivity contribution in [3.05, 3.63) is 72.2 Å². The molecule has 24 heavy (non-hydrogen) atoms. The third kappa shape index (κ3) is 3.88. The third-order valence-electron chi connectivity index (χ3n) is 3.03. The van der Waals surface area contributed by atoms with E-state index in [9.17, 15) is 25.3 Å². The van der Waals surface area contributed by atoms with Gasteiger partial charge in [-0.05, 0) is 55.6 Å². The van der Waals surface area contributed by atoms with Gasteiger partial charge >= 0.3 is 0 Å². The van der Waals surface area contributed by atoms with E-state index in [1.165, 1.54) is 36.4 Å². The van der Waals surface area contributed by atoms with Crippen LogP contribution in [0.4, 0.5) is 5.69 Å². The second-order valence-electron chi connectivity index (χ2n) is 4.64.